The van der Waals surface area contributed by atoms with Crippen molar-refractivity contribution in [1.29, 1.82) is 0 Å². The van der Waals surface area contributed by atoms with E-state index in [2.05, 4.69) is 5.32 Å². The number of unbranched alkanes of at least 4 members (excludes halogenated alkanes) is 2. The quantitative estimate of drug-likeness (QED) is 0.0786. The van der Waals surface area contributed by atoms with Gasteiger partial charge >= 0.3 is 6.03 Å². The normalized spacial score (nSPS) is 20.0. The number of likely N-dealkylation sites (N-methyl/N-ethyl adjacent to an activating group) is 2. The molecule has 2 aliphatic rings. The summed E-state index contributed by atoms with van der Waals surface area (Å²) in [4.78, 5) is 104. The van der Waals surface area contributed by atoms with E-state index in [-0.39, 0.29) is 71.1 Å². The number of carbonyl (C=O) groups excluding carboxylic acids is 7. The Morgan fingerprint density at radius 2 is 1.54 bits per heavy atom. The fourth-order valence-electron chi connectivity index (χ4n) is 9.82. The first-order chi connectivity index (χ1) is 32.0. The van der Waals surface area contributed by atoms with E-state index in [1.54, 1.807) is 58.8 Å². The Bertz CT molecular complexity index is 1830. The lowest BCUT2D eigenvalue weighted by Gasteiger charge is -2.42. The fourth-order valence-corrected chi connectivity index (χ4v) is 11.0. The number of aliphatic hydroxyl groups excluding tert-OH is 1. The van der Waals surface area contributed by atoms with Gasteiger partial charge in [-0.05, 0) is 69.1 Å². The highest BCUT2D eigenvalue weighted by atomic mass is 32.2. The second kappa shape index (κ2) is 27.4. The monoisotopic (exact) mass is 973 g/mol. The topological polar surface area (TPSA) is 186 Å². The van der Waals surface area contributed by atoms with E-state index in [9.17, 15) is 38.7 Å². The Balaban J connectivity index is 1.71. The van der Waals surface area contributed by atoms with Crippen LogP contribution in [0.1, 0.15) is 139 Å². The first-order valence-electron chi connectivity index (χ1n) is 24.8. The number of hydrogen-bond acceptors (Lipinski definition) is 11. The van der Waals surface area contributed by atoms with Crippen LogP contribution in [0, 0.1) is 17.8 Å². The largest absolute Gasteiger partial charge is 0.386 e. The Kier molecular flexibility index (Phi) is 23.4. The highest BCUT2D eigenvalue weighted by molar-refractivity contribution is 8.01. The van der Waals surface area contributed by atoms with Crippen molar-refractivity contribution in [3.63, 3.8) is 0 Å². The summed E-state index contributed by atoms with van der Waals surface area (Å²) < 4.78 is 12.0. The molecular formula is C51H84N6O10S. The molecule has 0 bridgehead atoms. The number of thioether (sulfide) groups is 1. The summed E-state index contributed by atoms with van der Waals surface area (Å²) in [6.07, 6.45) is 1.65. The van der Waals surface area contributed by atoms with Gasteiger partial charge in [-0.1, -0.05) is 91.6 Å². The van der Waals surface area contributed by atoms with E-state index in [1.807, 2.05) is 59.7 Å². The molecule has 8 amide bonds. The Hall–Kier alpha value is -4.06. The minimum absolute atomic E-state index is 0.0687. The molecule has 16 nitrogen and oxygen atoms in total. The van der Waals surface area contributed by atoms with Crippen LogP contribution in [0.25, 0.3) is 0 Å². The average molecular weight is 973 g/mol. The van der Waals surface area contributed by atoms with Gasteiger partial charge in [0.05, 0.1) is 54.0 Å². The molecule has 0 aromatic heterocycles. The van der Waals surface area contributed by atoms with Crippen LogP contribution in [-0.4, -0.2) is 165 Å². The number of likely N-dealkylation sites (tertiary alicyclic amines) is 2. The molecule has 3 rings (SSSR count). The molecule has 17 heteroatoms. The number of benzene rings is 1. The Morgan fingerprint density at radius 3 is 2.10 bits per heavy atom. The van der Waals surface area contributed by atoms with Gasteiger partial charge < -0.3 is 34.6 Å². The zero-order chi connectivity index (χ0) is 51.2. The number of aliphatic hydroxyl groups is 1. The molecule has 68 heavy (non-hydrogen) atoms. The van der Waals surface area contributed by atoms with E-state index in [0.29, 0.717) is 57.2 Å². The number of nitrogens with one attached hydrogen (secondary N) is 1. The molecule has 2 fully saturated rings. The highest BCUT2D eigenvalue weighted by Crippen LogP contribution is 2.31. The molecule has 0 saturated carbocycles. The van der Waals surface area contributed by atoms with Crippen molar-refractivity contribution in [2.75, 3.05) is 41.4 Å². The summed E-state index contributed by atoms with van der Waals surface area (Å²) in [5, 5.41) is 13.7. The standard InChI is InChI=1S/C51H84N6O10S/c1-15-34(8)45(39(66-13)29-42(59)55-28-22-25-38(55)47(67-14)35(9)48(62)52-36(10)46(61)37-23-18-16-19-24-37)54(12)51(65)57(32(4)5)50(64)44(31(2)3)53(11)41(58)26-20-17-21-27-56-43(60)30-40(49(56)63)68-33(6)7/h16,18-19,23-24,31-36,38-40,44-47,61H,15,17,20-22,25-30H2,1-14H3,(H,52,62). The minimum Gasteiger partial charge on any atom is -0.386 e. The number of nitrogens with zero attached hydrogens (tertiary/aromatic N) is 5. The molecule has 1 aromatic carbocycles. The van der Waals surface area contributed by atoms with Crippen molar-refractivity contribution < 1.29 is 48.1 Å². The summed E-state index contributed by atoms with van der Waals surface area (Å²) in [6, 6.07) is 5.42. The number of amides is 8. The Morgan fingerprint density at radius 1 is 0.897 bits per heavy atom. The number of carbonyl (C=O) groups is 7. The first kappa shape index (κ1) is 58.3. The van der Waals surface area contributed by atoms with Crippen LogP contribution < -0.4 is 5.32 Å². The van der Waals surface area contributed by atoms with E-state index in [4.69, 9.17) is 9.47 Å². The highest BCUT2D eigenvalue weighted by Gasteiger charge is 2.45. The van der Waals surface area contributed by atoms with Crippen molar-refractivity contribution in [3.05, 3.63) is 35.9 Å². The summed E-state index contributed by atoms with van der Waals surface area (Å²) in [5.74, 6) is -2.73. The van der Waals surface area contributed by atoms with Crippen LogP contribution in [0.3, 0.4) is 0 Å². The van der Waals surface area contributed by atoms with Crippen molar-refractivity contribution in [1.82, 2.24) is 29.8 Å². The molecule has 0 radical (unpaired) electrons. The average Bonchev–Trinajstić information content (AvgIpc) is 3.88. The first-order valence-corrected chi connectivity index (χ1v) is 25.7. The molecule has 0 spiro atoms. The predicted octanol–water partition coefficient (Wildman–Crippen LogP) is 6.29. The lowest BCUT2D eigenvalue weighted by molar-refractivity contribution is -0.146. The SMILES string of the molecule is CCC(C)C(C(CC(=O)N1CCCC1C(OC)C(C)C(=O)NC(C)C(O)c1ccccc1)OC)N(C)C(=O)N(C(=O)C(C(C)C)N(C)C(=O)CCCCCN1C(=O)CC(SC(C)C)C1=O)C(C)C. The third-order valence-corrected chi connectivity index (χ3v) is 15.0. The maximum Gasteiger partial charge on any atom is 0.327 e. The zero-order valence-corrected chi connectivity index (χ0v) is 44.3. The van der Waals surface area contributed by atoms with Gasteiger partial charge in [0.25, 0.3) is 5.91 Å². The summed E-state index contributed by atoms with van der Waals surface area (Å²) in [5.41, 5.74) is 0.686. The molecule has 0 aliphatic carbocycles. The molecule has 10 unspecified atom stereocenters. The van der Waals surface area contributed by atoms with Gasteiger partial charge in [0.15, 0.2) is 0 Å². The summed E-state index contributed by atoms with van der Waals surface area (Å²) in [6.45, 7) is 19.4. The molecule has 2 N–H and O–H groups in total. The molecular weight excluding hydrogens is 889 g/mol. The van der Waals surface area contributed by atoms with Gasteiger partial charge in [-0.15, -0.1) is 11.8 Å². The van der Waals surface area contributed by atoms with Crippen molar-refractivity contribution in [2.24, 2.45) is 17.8 Å². The van der Waals surface area contributed by atoms with Crippen molar-refractivity contribution >= 4 is 53.2 Å². The predicted molar refractivity (Wildman–Crippen MR) is 265 cm³/mol. The molecule has 384 valence electrons. The fraction of sp³-hybridized carbons (Fsp3) is 0.745. The Labute approximate surface area is 410 Å². The number of rotatable bonds is 26. The molecule has 2 heterocycles. The second-order valence-corrected chi connectivity index (χ2v) is 21.5. The zero-order valence-electron chi connectivity index (χ0n) is 43.4. The summed E-state index contributed by atoms with van der Waals surface area (Å²) >= 11 is 1.50. The lowest BCUT2D eigenvalue weighted by Crippen LogP contribution is -2.61. The van der Waals surface area contributed by atoms with E-state index < -0.39 is 66.4 Å². The number of urea groups is 1. The van der Waals surface area contributed by atoms with Crippen LogP contribution in [0.4, 0.5) is 4.79 Å². The number of ether oxygens (including phenoxy) is 2. The minimum atomic E-state index is -0.943. The van der Waals surface area contributed by atoms with Gasteiger partial charge in [0, 0.05) is 60.3 Å². The second-order valence-electron chi connectivity index (χ2n) is 19.8. The third kappa shape index (κ3) is 15.0. The van der Waals surface area contributed by atoms with Crippen LogP contribution >= 0.6 is 11.8 Å². The van der Waals surface area contributed by atoms with Gasteiger partial charge in [0.1, 0.15) is 6.04 Å². The van der Waals surface area contributed by atoms with Gasteiger partial charge in [-0.2, -0.15) is 0 Å². The third-order valence-electron chi connectivity index (χ3n) is 13.8. The molecule has 2 saturated heterocycles. The van der Waals surface area contributed by atoms with Crippen LogP contribution in [0.2, 0.25) is 0 Å². The van der Waals surface area contributed by atoms with Gasteiger partial charge in [-0.25, -0.2) is 4.79 Å². The van der Waals surface area contributed by atoms with Crippen molar-refractivity contribution in [3.8, 4) is 0 Å². The number of imide groups is 2. The van der Waals surface area contributed by atoms with Gasteiger partial charge in [-0.3, -0.25) is 38.6 Å². The maximum absolute atomic E-state index is 14.7. The number of methoxy groups -OCH3 is 2. The van der Waals surface area contributed by atoms with Crippen LogP contribution in [0.5, 0.6) is 0 Å². The maximum atomic E-state index is 14.7. The van der Waals surface area contributed by atoms with Crippen LogP contribution in [-0.2, 0) is 38.2 Å². The van der Waals surface area contributed by atoms with Crippen molar-refractivity contribution in [2.45, 2.75) is 186 Å². The molecule has 10 atom stereocenters. The van der Waals surface area contributed by atoms with E-state index in [1.165, 1.54) is 45.6 Å². The summed E-state index contributed by atoms with van der Waals surface area (Å²) in [7, 11) is 6.25. The van der Waals surface area contributed by atoms with Crippen LogP contribution in [0.15, 0.2) is 30.3 Å². The van der Waals surface area contributed by atoms with Gasteiger partial charge in [0.2, 0.25) is 29.5 Å². The smallest absolute Gasteiger partial charge is 0.327 e. The molecule has 2 aliphatic heterocycles. The van der Waals surface area contributed by atoms with E-state index in [0.717, 1.165) is 0 Å². The lowest BCUT2D eigenvalue weighted by atomic mass is 9.90. The van der Waals surface area contributed by atoms with E-state index >= 15 is 0 Å². The number of hydrogen-bond donors (Lipinski definition) is 2. The molecule has 1 aromatic rings.